The third-order valence-corrected chi connectivity index (χ3v) is 1.79. The van der Waals surface area contributed by atoms with Gasteiger partial charge in [-0.15, -0.1) is 10.2 Å². The summed E-state index contributed by atoms with van der Waals surface area (Å²) in [6, 6.07) is 2.31. The first-order valence-electron chi connectivity index (χ1n) is 4.41. The molecule has 0 saturated carbocycles. The molecular formula is C7H6N6O4. The molecule has 0 aliphatic rings. The van der Waals surface area contributed by atoms with E-state index in [1.807, 2.05) is 0 Å². The Morgan fingerprint density at radius 1 is 1.59 bits per heavy atom. The van der Waals surface area contributed by atoms with Crippen molar-refractivity contribution in [1.82, 2.24) is 25.9 Å². The van der Waals surface area contributed by atoms with E-state index in [-0.39, 0.29) is 12.3 Å². The SMILES string of the molecule is O=C(NCc1nn[nH]n1)c1ccc([N+](=O)[O-])o1. The van der Waals surface area contributed by atoms with Crippen molar-refractivity contribution in [1.29, 1.82) is 0 Å². The van der Waals surface area contributed by atoms with Crippen molar-refractivity contribution in [3.8, 4) is 0 Å². The fourth-order valence-corrected chi connectivity index (χ4v) is 1.05. The van der Waals surface area contributed by atoms with Crippen LogP contribution in [0.3, 0.4) is 0 Å². The fraction of sp³-hybridized carbons (Fsp3) is 0.143. The number of nitrogens with zero attached hydrogens (tertiary/aromatic N) is 4. The Hall–Kier alpha value is -2.78. The molecule has 2 heterocycles. The van der Waals surface area contributed by atoms with Gasteiger partial charge in [-0.2, -0.15) is 5.21 Å². The Morgan fingerprint density at radius 3 is 3.00 bits per heavy atom. The number of carbonyl (C=O) groups excluding carboxylic acids is 1. The summed E-state index contributed by atoms with van der Waals surface area (Å²) in [5, 5.41) is 25.5. The van der Waals surface area contributed by atoms with Crippen LogP contribution >= 0.6 is 0 Å². The van der Waals surface area contributed by atoms with E-state index in [9.17, 15) is 14.9 Å². The molecule has 0 atom stereocenters. The number of H-pyrrole nitrogens is 1. The summed E-state index contributed by atoms with van der Waals surface area (Å²) in [7, 11) is 0. The van der Waals surface area contributed by atoms with Gasteiger partial charge in [-0.1, -0.05) is 5.21 Å². The lowest BCUT2D eigenvalue weighted by Gasteiger charge is -1.97. The lowest BCUT2D eigenvalue weighted by Crippen LogP contribution is -2.22. The molecule has 10 nitrogen and oxygen atoms in total. The molecule has 88 valence electrons. The number of hydrogen-bond acceptors (Lipinski definition) is 7. The van der Waals surface area contributed by atoms with Gasteiger partial charge in [-0.25, -0.2) is 0 Å². The van der Waals surface area contributed by atoms with Crippen LogP contribution in [-0.2, 0) is 6.54 Å². The van der Waals surface area contributed by atoms with Crippen molar-refractivity contribution in [2.45, 2.75) is 6.54 Å². The van der Waals surface area contributed by atoms with E-state index in [0.717, 1.165) is 6.07 Å². The molecule has 0 fully saturated rings. The minimum Gasteiger partial charge on any atom is -0.395 e. The van der Waals surface area contributed by atoms with Gasteiger partial charge < -0.3 is 9.73 Å². The molecule has 2 aromatic rings. The Balaban J connectivity index is 1.97. The summed E-state index contributed by atoms with van der Waals surface area (Å²) >= 11 is 0. The summed E-state index contributed by atoms with van der Waals surface area (Å²) in [5.41, 5.74) is 0. The zero-order valence-electron chi connectivity index (χ0n) is 8.28. The molecule has 17 heavy (non-hydrogen) atoms. The smallest absolute Gasteiger partial charge is 0.395 e. The molecule has 2 N–H and O–H groups in total. The Kier molecular flexibility index (Phi) is 2.77. The minimum absolute atomic E-state index is 0.0455. The number of rotatable bonds is 4. The van der Waals surface area contributed by atoms with Gasteiger partial charge in [0.25, 0.3) is 5.91 Å². The molecule has 0 saturated heterocycles. The molecule has 0 unspecified atom stereocenters. The third-order valence-electron chi connectivity index (χ3n) is 1.79. The highest BCUT2D eigenvalue weighted by molar-refractivity contribution is 5.91. The van der Waals surface area contributed by atoms with Crippen LogP contribution in [0.2, 0.25) is 0 Å². The maximum atomic E-state index is 11.5. The summed E-state index contributed by atoms with van der Waals surface area (Å²) in [5.74, 6) is -0.947. The van der Waals surface area contributed by atoms with E-state index in [1.165, 1.54) is 6.07 Å². The third kappa shape index (κ3) is 2.42. The van der Waals surface area contributed by atoms with Crippen molar-refractivity contribution in [2.75, 3.05) is 0 Å². The summed E-state index contributed by atoms with van der Waals surface area (Å²) in [6.07, 6.45) is 0. The molecule has 0 aliphatic heterocycles. The molecule has 0 bridgehead atoms. The van der Waals surface area contributed by atoms with Crippen LogP contribution in [0.5, 0.6) is 0 Å². The minimum atomic E-state index is -0.726. The maximum Gasteiger partial charge on any atom is 0.433 e. The van der Waals surface area contributed by atoms with Gasteiger partial charge in [0, 0.05) is 0 Å². The highest BCUT2D eigenvalue weighted by Crippen LogP contribution is 2.15. The Labute approximate surface area is 93.2 Å². The number of amides is 1. The van der Waals surface area contributed by atoms with Crippen LogP contribution in [0.4, 0.5) is 5.88 Å². The van der Waals surface area contributed by atoms with E-state index in [2.05, 4.69) is 25.9 Å². The first-order chi connectivity index (χ1) is 8.16. The second kappa shape index (κ2) is 4.38. The zero-order valence-corrected chi connectivity index (χ0v) is 8.28. The van der Waals surface area contributed by atoms with Crippen LogP contribution in [0.15, 0.2) is 16.5 Å². The second-order valence-electron chi connectivity index (χ2n) is 2.91. The normalized spacial score (nSPS) is 10.1. The predicted molar refractivity (Wildman–Crippen MR) is 50.7 cm³/mol. The number of nitrogens with one attached hydrogen (secondary N) is 2. The first kappa shape index (κ1) is 10.7. The summed E-state index contributed by atoms with van der Waals surface area (Å²) in [6.45, 7) is 0.0455. The molecular weight excluding hydrogens is 232 g/mol. The van der Waals surface area contributed by atoms with Gasteiger partial charge in [0.2, 0.25) is 0 Å². The predicted octanol–water partition coefficient (Wildman–Crippen LogP) is -0.369. The van der Waals surface area contributed by atoms with Crippen molar-refractivity contribution >= 4 is 11.8 Å². The average Bonchev–Trinajstić information content (AvgIpc) is 2.96. The number of carbonyl (C=O) groups is 1. The number of nitro groups is 1. The number of aromatic nitrogens is 4. The number of hydrogen-bond donors (Lipinski definition) is 2. The standard InChI is InChI=1S/C7H6N6O4/c14-7(8-3-5-9-11-12-10-5)4-1-2-6(17-4)13(15)16/h1-2H,3H2,(H,8,14)(H,9,10,11,12). The van der Waals surface area contributed by atoms with Crippen molar-refractivity contribution in [3.63, 3.8) is 0 Å². The zero-order chi connectivity index (χ0) is 12.3. The lowest BCUT2D eigenvalue weighted by atomic mass is 10.4. The van der Waals surface area contributed by atoms with E-state index in [0.29, 0.717) is 5.82 Å². The van der Waals surface area contributed by atoms with Crippen molar-refractivity contribution in [3.05, 3.63) is 33.8 Å². The van der Waals surface area contributed by atoms with E-state index in [1.54, 1.807) is 0 Å². The van der Waals surface area contributed by atoms with Crippen molar-refractivity contribution in [2.24, 2.45) is 0 Å². The van der Waals surface area contributed by atoms with Crippen molar-refractivity contribution < 1.29 is 14.1 Å². The summed E-state index contributed by atoms with van der Waals surface area (Å²) in [4.78, 5) is 21.1. The molecule has 0 spiro atoms. The van der Waals surface area contributed by atoms with E-state index in [4.69, 9.17) is 4.42 Å². The molecule has 1 amide bonds. The van der Waals surface area contributed by atoms with Crippen LogP contribution in [0.25, 0.3) is 0 Å². The van der Waals surface area contributed by atoms with Crippen LogP contribution in [0, 0.1) is 10.1 Å². The van der Waals surface area contributed by atoms with Gasteiger partial charge in [0.05, 0.1) is 12.6 Å². The van der Waals surface area contributed by atoms with Crippen LogP contribution in [0.1, 0.15) is 16.4 Å². The molecule has 2 rings (SSSR count). The first-order valence-corrected chi connectivity index (χ1v) is 4.41. The average molecular weight is 238 g/mol. The molecule has 2 aromatic heterocycles. The van der Waals surface area contributed by atoms with Gasteiger partial charge in [0.1, 0.15) is 4.92 Å². The Morgan fingerprint density at radius 2 is 2.41 bits per heavy atom. The maximum absolute atomic E-state index is 11.5. The largest absolute Gasteiger partial charge is 0.433 e. The van der Waals surface area contributed by atoms with Crippen LogP contribution < -0.4 is 5.32 Å². The highest BCUT2D eigenvalue weighted by atomic mass is 16.6. The van der Waals surface area contributed by atoms with Gasteiger partial charge >= 0.3 is 5.88 Å². The number of tetrazole rings is 1. The molecule has 0 radical (unpaired) electrons. The summed E-state index contributed by atoms with van der Waals surface area (Å²) < 4.78 is 4.70. The fourth-order valence-electron chi connectivity index (χ4n) is 1.05. The van der Waals surface area contributed by atoms with Gasteiger partial charge in [-0.3, -0.25) is 14.9 Å². The molecule has 0 aliphatic carbocycles. The lowest BCUT2D eigenvalue weighted by molar-refractivity contribution is -0.402. The Bertz CT molecular complexity index is 532. The number of aromatic amines is 1. The highest BCUT2D eigenvalue weighted by Gasteiger charge is 2.17. The topological polar surface area (TPSA) is 140 Å². The van der Waals surface area contributed by atoms with Gasteiger partial charge in [-0.05, 0) is 6.07 Å². The quantitative estimate of drug-likeness (QED) is 0.546. The van der Waals surface area contributed by atoms with E-state index < -0.39 is 16.7 Å². The second-order valence-corrected chi connectivity index (χ2v) is 2.91. The molecule has 10 heteroatoms. The molecule has 0 aromatic carbocycles. The van der Waals surface area contributed by atoms with E-state index >= 15 is 0 Å². The number of furan rings is 1. The van der Waals surface area contributed by atoms with Gasteiger partial charge in [0.15, 0.2) is 11.6 Å². The van der Waals surface area contributed by atoms with Crippen LogP contribution in [-0.4, -0.2) is 31.5 Å². The monoisotopic (exact) mass is 238 g/mol.